The lowest BCUT2D eigenvalue weighted by Gasteiger charge is -2.31. The van der Waals surface area contributed by atoms with Crippen molar-refractivity contribution in [3.63, 3.8) is 0 Å². The van der Waals surface area contributed by atoms with Gasteiger partial charge in [0.25, 0.3) is 11.8 Å². The molecule has 0 spiro atoms. The highest BCUT2D eigenvalue weighted by molar-refractivity contribution is 6.07. The number of benzene rings is 1. The molecule has 3 aromatic rings. The third kappa shape index (κ3) is 5.36. The van der Waals surface area contributed by atoms with Crippen LogP contribution in [0.5, 0.6) is 0 Å². The largest absolute Gasteiger partial charge is 0.465 e. The topological polar surface area (TPSA) is 100 Å². The number of likely N-dealkylation sites (tertiary alicyclic amines) is 1. The third-order valence-corrected chi connectivity index (χ3v) is 5.33. The van der Waals surface area contributed by atoms with Gasteiger partial charge < -0.3 is 15.1 Å². The Morgan fingerprint density at radius 3 is 2.62 bits per heavy atom. The minimum Gasteiger partial charge on any atom is -0.465 e. The molecule has 4 rings (SSSR count). The van der Waals surface area contributed by atoms with Gasteiger partial charge in [-0.15, -0.1) is 0 Å². The van der Waals surface area contributed by atoms with E-state index >= 15 is 0 Å². The number of halogens is 1. The van der Waals surface area contributed by atoms with E-state index in [1.54, 1.807) is 0 Å². The third-order valence-electron chi connectivity index (χ3n) is 5.33. The van der Waals surface area contributed by atoms with Crippen LogP contribution in [0.2, 0.25) is 0 Å². The summed E-state index contributed by atoms with van der Waals surface area (Å²) in [5, 5.41) is 5.53. The van der Waals surface area contributed by atoms with Gasteiger partial charge in [-0.05, 0) is 50.1 Å². The van der Waals surface area contributed by atoms with E-state index in [0.717, 1.165) is 50.1 Å². The molecule has 0 atom stereocenters. The van der Waals surface area contributed by atoms with Crippen molar-refractivity contribution in [2.75, 3.05) is 18.4 Å². The van der Waals surface area contributed by atoms with Crippen molar-refractivity contribution >= 4 is 17.6 Å². The second kappa shape index (κ2) is 9.69. The van der Waals surface area contributed by atoms with E-state index in [1.165, 1.54) is 30.6 Å². The van der Waals surface area contributed by atoms with E-state index in [0.29, 0.717) is 0 Å². The lowest BCUT2D eigenvalue weighted by Crippen LogP contribution is -2.44. The monoisotopic (exact) mass is 437 g/mol. The second-order valence-electron chi connectivity index (χ2n) is 7.75. The molecule has 2 aromatic heterocycles. The van der Waals surface area contributed by atoms with Crippen molar-refractivity contribution in [2.45, 2.75) is 32.4 Å². The molecular formula is C23H24FN5O3. The highest BCUT2D eigenvalue weighted by Gasteiger charge is 2.24. The Kier molecular flexibility index (Phi) is 6.55. The molecule has 0 aliphatic carbocycles. The van der Waals surface area contributed by atoms with Gasteiger partial charge in [0, 0.05) is 37.1 Å². The van der Waals surface area contributed by atoms with Gasteiger partial charge in [-0.2, -0.15) is 0 Å². The number of furan rings is 1. The Labute approximate surface area is 184 Å². The van der Waals surface area contributed by atoms with Crippen molar-refractivity contribution in [2.24, 2.45) is 0 Å². The second-order valence-corrected chi connectivity index (χ2v) is 7.75. The van der Waals surface area contributed by atoms with E-state index in [2.05, 4.69) is 25.5 Å². The summed E-state index contributed by atoms with van der Waals surface area (Å²) in [4.78, 5) is 35.7. The molecule has 2 amide bonds. The minimum atomic E-state index is -0.569. The van der Waals surface area contributed by atoms with Gasteiger partial charge in [0.1, 0.15) is 17.3 Å². The van der Waals surface area contributed by atoms with Crippen molar-refractivity contribution < 1.29 is 18.4 Å². The van der Waals surface area contributed by atoms with Gasteiger partial charge in [-0.1, -0.05) is 6.07 Å². The summed E-state index contributed by atoms with van der Waals surface area (Å²) in [6.07, 6.45) is 4.35. The van der Waals surface area contributed by atoms with E-state index in [1.807, 2.05) is 19.1 Å². The molecule has 2 N–H and O–H groups in total. The first-order valence-electron chi connectivity index (χ1n) is 10.4. The van der Waals surface area contributed by atoms with E-state index in [9.17, 15) is 14.0 Å². The number of aryl methyl sites for hydroxylation is 1. The van der Waals surface area contributed by atoms with E-state index < -0.39 is 17.6 Å². The van der Waals surface area contributed by atoms with Crippen LogP contribution in [-0.2, 0) is 6.54 Å². The van der Waals surface area contributed by atoms with Crippen molar-refractivity contribution in [3.8, 4) is 0 Å². The molecule has 1 saturated heterocycles. The molecule has 1 aromatic carbocycles. The maximum absolute atomic E-state index is 13.4. The maximum Gasteiger partial charge on any atom is 0.273 e. The van der Waals surface area contributed by atoms with Gasteiger partial charge in [0.15, 0.2) is 11.5 Å². The average molecular weight is 437 g/mol. The SMILES string of the molecule is Cc1ccc(CN2CCC(NC(=O)c3nccnc3NC(=O)c3cccc(F)c3)CC2)o1. The Morgan fingerprint density at radius 1 is 1.12 bits per heavy atom. The smallest absolute Gasteiger partial charge is 0.273 e. The Morgan fingerprint density at radius 2 is 1.91 bits per heavy atom. The quantitative estimate of drug-likeness (QED) is 0.615. The molecule has 9 heteroatoms. The number of rotatable bonds is 6. The molecule has 166 valence electrons. The van der Waals surface area contributed by atoms with Gasteiger partial charge in [0.2, 0.25) is 0 Å². The molecule has 1 aliphatic rings. The summed E-state index contributed by atoms with van der Waals surface area (Å²) in [5.74, 6) is 0.357. The molecule has 0 bridgehead atoms. The zero-order valence-electron chi connectivity index (χ0n) is 17.7. The maximum atomic E-state index is 13.4. The molecule has 3 heterocycles. The number of amides is 2. The van der Waals surface area contributed by atoms with Crippen molar-refractivity contribution in [1.29, 1.82) is 0 Å². The number of carbonyl (C=O) groups is 2. The number of hydrogen-bond donors (Lipinski definition) is 2. The summed E-state index contributed by atoms with van der Waals surface area (Å²) < 4.78 is 19.0. The first-order chi connectivity index (χ1) is 15.5. The molecule has 32 heavy (non-hydrogen) atoms. The highest BCUT2D eigenvalue weighted by atomic mass is 19.1. The van der Waals surface area contributed by atoms with Crippen LogP contribution < -0.4 is 10.6 Å². The lowest BCUT2D eigenvalue weighted by atomic mass is 10.0. The summed E-state index contributed by atoms with van der Waals surface area (Å²) >= 11 is 0. The first kappa shape index (κ1) is 21.6. The first-order valence-corrected chi connectivity index (χ1v) is 10.4. The number of carbonyl (C=O) groups excluding carboxylic acids is 2. The molecular weight excluding hydrogens is 413 g/mol. The van der Waals surface area contributed by atoms with Gasteiger partial charge in [-0.3, -0.25) is 14.5 Å². The van der Waals surface area contributed by atoms with Crippen LogP contribution in [0, 0.1) is 12.7 Å². The average Bonchev–Trinajstić information content (AvgIpc) is 3.20. The van der Waals surface area contributed by atoms with Crippen LogP contribution in [0.1, 0.15) is 45.2 Å². The molecule has 8 nitrogen and oxygen atoms in total. The zero-order chi connectivity index (χ0) is 22.5. The normalized spacial score (nSPS) is 14.8. The lowest BCUT2D eigenvalue weighted by molar-refractivity contribution is 0.0901. The van der Waals surface area contributed by atoms with E-state index in [4.69, 9.17) is 4.42 Å². The van der Waals surface area contributed by atoms with Gasteiger partial charge >= 0.3 is 0 Å². The van der Waals surface area contributed by atoms with Gasteiger partial charge in [-0.25, -0.2) is 14.4 Å². The predicted molar refractivity (Wildman–Crippen MR) is 116 cm³/mol. The van der Waals surface area contributed by atoms with Gasteiger partial charge in [0.05, 0.1) is 6.54 Å². The molecule has 0 radical (unpaired) electrons. The summed E-state index contributed by atoms with van der Waals surface area (Å²) in [6, 6.07) is 9.21. The summed E-state index contributed by atoms with van der Waals surface area (Å²) in [5.41, 5.74) is 0.145. The fourth-order valence-corrected chi connectivity index (χ4v) is 3.68. The van der Waals surface area contributed by atoms with Crippen LogP contribution in [0.3, 0.4) is 0 Å². The summed E-state index contributed by atoms with van der Waals surface area (Å²) in [7, 11) is 0. The number of nitrogens with one attached hydrogen (secondary N) is 2. The predicted octanol–water partition coefficient (Wildman–Crippen LogP) is 3.16. The van der Waals surface area contributed by atoms with Crippen LogP contribution in [-0.4, -0.2) is 45.8 Å². The van der Waals surface area contributed by atoms with Crippen molar-refractivity contribution in [1.82, 2.24) is 20.2 Å². The Hall–Kier alpha value is -3.59. The summed E-state index contributed by atoms with van der Waals surface area (Å²) in [6.45, 7) is 4.32. The van der Waals surface area contributed by atoms with Crippen LogP contribution >= 0.6 is 0 Å². The standard InChI is InChI=1S/C23H24FN5O3/c1-15-5-6-19(32-15)14-29-11-7-18(8-12-29)27-23(31)20-21(26-10-9-25-20)28-22(30)16-3-2-4-17(24)13-16/h2-6,9-10,13,18H,7-8,11-12,14H2,1H3,(H,27,31)(H,26,28,30). The Bertz CT molecular complexity index is 1110. The zero-order valence-corrected chi connectivity index (χ0v) is 17.7. The van der Waals surface area contributed by atoms with Crippen LogP contribution in [0.15, 0.2) is 53.2 Å². The molecule has 0 saturated carbocycles. The molecule has 1 aliphatic heterocycles. The fraction of sp³-hybridized carbons (Fsp3) is 0.304. The highest BCUT2D eigenvalue weighted by Crippen LogP contribution is 2.17. The number of aromatic nitrogens is 2. The Balaban J connectivity index is 1.34. The van der Waals surface area contributed by atoms with Crippen LogP contribution in [0.25, 0.3) is 0 Å². The molecule has 0 unspecified atom stereocenters. The van der Waals surface area contributed by atoms with Crippen molar-refractivity contribution in [3.05, 3.63) is 77.4 Å². The number of hydrogen-bond acceptors (Lipinski definition) is 6. The fourth-order valence-electron chi connectivity index (χ4n) is 3.68. The number of piperidine rings is 1. The molecule has 1 fully saturated rings. The number of nitrogens with zero attached hydrogens (tertiary/aromatic N) is 3. The van der Waals surface area contributed by atoms with E-state index in [-0.39, 0.29) is 23.1 Å². The number of anilines is 1. The van der Waals surface area contributed by atoms with Crippen LogP contribution in [0.4, 0.5) is 10.2 Å². The minimum absolute atomic E-state index is 0.00846.